The van der Waals surface area contributed by atoms with Gasteiger partial charge in [0.25, 0.3) is 0 Å². The second-order valence-corrected chi connectivity index (χ2v) is 4.59. The van der Waals surface area contributed by atoms with Crippen LogP contribution in [-0.2, 0) is 0 Å². The zero-order chi connectivity index (χ0) is 11.5. The first-order chi connectivity index (χ1) is 7.74. The number of rotatable bonds is 2. The first kappa shape index (κ1) is 11.2. The van der Waals surface area contributed by atoms with Crippen LogP contribution in [0.4, 0.5) is 0 Å². The van der Waals surface area contributed by atoms with E-state index >= 15 is 0 Å². The minimum Gasteiger partial charge on any atom is -0.293 e. The molecule has 3 unspecified atom stereocenters. The zero-order valence-electron chi connectivity index (χ0n) is 9.93. The van der Waals surface area contributed by atoms with Crippen molar-refractivity contribution < 1.29 is 0 Å². The summed E-state index contributed by atoms with van der Waals surface area (Å²) in [5, 5.41) is 9.03. The minimum atomic E-state index is 0.200. The third kappa shape index (κ3) is 1.96. The Morgan fingerprint density at radius 3 is 2.62 bits per heavy atom. The molecule has 2 nitrogen and oxygen atoms in total. The lowest BCUT2D eigenvalue weighted by atomic mass is 10.0. The molecule has 0 radical (unpaired) electrons. The van der Waals surface area contributed by atoms with Crippen molar-refractivity contribution in [3.8, 4) is 6.07 Å². The third-order valence-electron chi connectivity index (χ3n) is 3.75. The summed E-state index contributed by atoms with van der Waals surface area (Å²) in [5.74, 6) is 0.200. The van der Waals surface area contributed by atoms with Crippen LogP contribution in [0, 0.1) is 17.2 Å². The number of nitriles is 1. The van der Waals surface area contributed by atoms with Gasteiger partial charge in [0.05, 0.1) is 12.0 Å². The Morgan fingerprint density at radius 2 is 2.06 bits per heavy atom. The topological polar surface area (TPSA) is 27.0 Å². The molecule has 1 aromatic carbocycles. The molecule has 0 N–H and O–H groups in total. The van der Waals surface area contributed by atoms with E-state index in [2.05, 4.69) is 49.1 Å². The smallest absolute Gasteiger partial charge is 0.0672 e. The van der Waals surface area contributed by atoms with Crippen LogP contribution >= 0.6 is 0 Å². The second kappa shape index (κ2) is 4.67. The molecule has 0 saturated carbocycles. The van der Waals surface area contributed by atoms with E-state index < -0.39 is 0 Å². The van der Waals surface area contributed by atoms with Gasteiger partial charge in [-0.25, -0.2) is 0 Å². The summed E-state index contributed by atoms with van der Waals surface area (Å²) in [6.07, 6.45) is 1.01. The van der Waals surface area contributed by atoms with Crippen molar-refractivity contribution in [3.63, 3.8) is 0 Å². The van der Waals surface area contributed by atoms with Gasteiger partial charge in [0.2, 0.25) is 0 Å². The van der Waals surface area contributed by atoms with Crippen molar-refractivity contribution in [2.75, 3.05) is 6.54 Å². The molecule has 0 amide bonds. The highest BCUT2D eigenvalue weighted by Crippen LogP contribution is 2.31. The number of hydrogen-bond donors (Lipinski definition) is 0. The largest absolute Gasteiger partial charge is 0.293 e. The van der Waals surface area contributed by atoms with Crippen LogP contribution in [0.25, 0.3) is 0 Å². The Morgan fingerprint density at radius 1 is 1.38 bits per heavy atom. The molecule has 3 atom stereocenters. The summed E-state index contributed by atoms with van der Waals surface area (Å²) >= 11 is 0. The Bertz CT molecular complexity index is 379. The van der Waals surface area contributed by atoms with E-state index in [1.165, 1.54) is 5.56 Å². The zero-order valence-corrected chi connectivity index (χ0v) is 9.93. The van der Waals surface area contributed by atoms with E-state index in [9.17, 15) is 0 Å². The Balaban J connectivity index is 2.13. The van der Waals surface area contributed by atoms with Crippen LogP contribution in [0.3, 0.4) is 0 Å². The van der Waals surface area contributed by atoms with Gasteiger partial charge < -0.3 is 0 Å². The molecule has 1 aromatic rings. The molecular weight excluding hydrogens is 196 g/mol. The Labute approximate surface area is 97.5 Å². The maximum atomic E-state index is 9.03. The molecular formula is C14H18N2. The molecule has 0 bridgehead atoms. The van der Waals surface area contributed by atoms with Crippen LogP contribution in [0.1, 0.15) is 31.9 Å². The number of nitrogens with zero attached hydrogens (tertiary/aromatic N) is 2. The first-order valence-corrected chi connectivity index (χ1v) is 5.94. The molecule has 1 aliphatic rings. The van der Waals surface area contributed by atoms with Crippen LogP contribution in [0.2, 0.25) is 0 Å². The molecule has 2 heteroatoms. The maximum absolute atomic E-state index is 9.03. The van der Waals surface area contributed by atoms with Gasteiger partial charge in [-0.2, -0.15) is 5.26 Å². The monoisotopic (exact) mass is 214 g/mol. The van der Waals surface area contributed by atoms with Crippen molar-refractivity contribution in [3.05, 3.63) is 35.9 Å². The van der Waals surface area contributed by atoms with Gasteiger partial charge >= 0.3 is 0 Å². The highest BCUT2D eigenvalue weighted by atomic mass is 15.2. The van der Waals surface area contributed by atoms with Crippen molar-refractivity contribution in [1.82, 2.24) is 4.90 Å². The average molecular weight is 214 g/mol. The fourth-order valence-electron chi connectivity index (χ4n) is 2.61. The number of hydrogen-bond acceptors (Lipinski definition) is 2. The summed E-state index contributed by atoms with van der Waals surface area (Å²) in [5.41, 5.74) is 1.34. The molecule has 1 heterocycles. The summed E-state index contributed by atoms with van der Waals surface area (Å²) in [7, 11) is 0. The van der Waals surface area contributed by atoms with Crippen LogP contribution in [-0.4, -0.2) is 17.5 Å². The van der Waals surface area contributed by atoms with E-state index in [-0.39, 0.29) is 5.92 Å². The lowest BCUT2D eigenvalue weighted by Crippen LogP contribution is -2.32. The summed E-state index contributed by atoms with van der Waals surface area (Å²) in [6.45, 7) is 5.43. The molecule has 84 valence electrons. The molecule has 0 aromatic heterocycles. The summed E-state index contributed by atoms with van der Waals surface area (Å²) in [4.78, 5) is 2.43. The van der Waals surface area contributed by atoms with E-state index in [1.807, 2.05) is 6.07 Å². The highest BCUT2D eigenvalue weighted by Gasteiger charge is 2.33. The Kier molecular flexibility index (Phi) is 3.26. The van der Waals surface area contributed by atoms with Gasteiger partial charge in [-0.3, -0.25) is 4.90 Å². The van der Waals surface area contributed by atoms with Gasteiger partial charge in [-0.15, -0.1) is 0 Å². The molecule has 0 aliphatic carbocycles. The number of likely N-dealkylation sites (tertiary alicyclic amines) is 1. The SMILES string of the molecule is CC(c1ccccc1)N1CCC(C#N)C1C. The van der Waals surface area contributed by atoms with E-state index in [1.54, 1.807) is 0 Å². The Hall–Kier alpha value is -1.33. The van der Waals surface area contributed by atoms with Gasteiger partial charge in [0.15, 0.2) is 0 Å². The van der Waals surface area contributed by atoms with Crippen LogP contribution < -0.4 is 0 Å². The normalized spacial score (nSPS) is 27.6. The molecule has 1 aliphatic heterocycles. The standard InChI is InChI=1S/C14H18N2/c1-11(13-6-4-3-5-7-13)16-9-8-14(10-15)12(16)2/h3-7,11-12,14H,8-9H2,1-2H3. The van der Waals surface area contributed by atoms with Gasteiger partial charge in [0, 0.05) is 18.6 Å². The fourth-order valence-corrected chi connectivity index (χ4v) is 2.61. The quantitative estimate of drug-likeness (QED) is 0.756. The highest BCUT2D eigenvalue weighted by molar-refractivity contribution is 5.19. The lowest BCUT2D eigenvalue weighted by Gasteiger charge is -2.29. The van der Waals surface area contributed by atoms with Crippen molar-refractivity contribution in [1.29, 1.82) is 5.26 Å². The molecule has 0 spiro atoms. The molecule has 1 saturated heterocycles. The predicted molar refractivity (Wildman–Crippen MR) is 64.7 cm³/mol. The number of benzene rings is 1. The summed E-state index contributed by atoms with van der Waals surface area (Å²) < 4.78 is 0. The van der Waals surface area contributed by atoms with E-state index in [4.69, 9.17) is 5.26 Å². The second-order valence-electron chi connectivity index (χ2n) is 4.59. The maximum Gasteiger partial charge on any atom is 0.0672 e. The van der Waals surface area contributed by atoms with Gasteiger partial charge in [-0.05, 0) is 25.8 Å². The first-order valence-electron chi connectivity index (χ1n) is 5.94. The van der Waals surface area contributed by atoms with E-state index in [0.717, 1.165) is 13.0 Å². The van der Waals surface area contributed by atoms with Gasteiger partial charge in [0.1, 0.15) is 0 Å². The van der Waals surface area contributed by atoms with Gasteiger partial charge in [-0.1, -0.05) is 30.3 Å². The van der Waals surface area contributed by atoms with Crippen molar-refractivity contribution in [2.45, 2.75) is 32.4 Å². The predicted octanol–water partition coefficient (Wildman–Crippen LogP) is 2.98. The van der Waals surface area contributed by atoms with Crippen LogP contribution in [0.15, 0.2) is 30.3 Å². The fraction of sp³-hybridized carbons (Fsp3) is 0.500. The third-order valence-corrected chi connectivity index (χ3v) is 3.75. The van der Waals surface area contributed by atoms with E-state index in [0.29, 0.717) is 12.1 Å². The average Bonchev–Trinajstić information content (AvgIpc) is 2.70. The summed E-state index contributed by atoms with van der Waals surface area (Å²) in [6, 6.07) is 13.7. The van der Waals surface area contributed by atoms with Crippen LogP contribution in [0.5, 0.6) is 0 Å². The van der Waals surface area contributed by atoms with Crippen molar-refractivity contribution in [2.24, 2.45) is 5.92 Å². The lowest BCUT2D eigenvalue weighted by molar-refractivity contribution is 0.195. The van der Waals surface area contributed by atoms with Crippen molar-refractivity contribution >= 4 is 0 Å². The minimum absolute atomic E-state index is 0.200. The molecule has 16 heavy (non-hydrogen) atoms. The molecule has 2 rings (SSSR count). The molecule has 1 fully saturated rings.